The number of hydrogen-bond donors (Lipinski definition) is 0. The number of esters is 1. The second-order valence-corrected chi connectivity index (χ2v) is 4.80. The van der Waals surface area contributed by atoms with Gasteiger partial charge in [0.1, 0.15) is 0 Å². The van der Waals surface area contributed by atoms with E-state index < -0.39 is 11.5 Å². The van der Waals surface area contributed by atoms with Crippen LogP contribution >= 0.6 is 11.8 Å². The highest BCUT2D eigenvalue weighted by Crippen LogP contribution is 2.30. The van der Waals surface area contributed by atoms with Gasteiger partial charge in [0, 0.05) is 19.3 Å². The maximum absolute atomic E-state index is 12.1. The van der Waals surface area contributed by atoms with E-state index in [0.717, 1.165) is 0 Å². The second kappa shape index (κ2) is 7.48. The minimum Gasteiger partial charge on any atom is -0.464 e. The van der Waals surface area contributed by atoms with Gasteiger partial charge in [0.15, 0.2) is 5.69 Å². The predicted octanol–water partition coefficient (Wildman–Crippen LogP) is 1.51. The molecule has 0 saturated heterocycles. The Hall–Kier alpha value is -1.29. The second-order valence-electron chi connectivity index (χ2n) is 3.64. The molecule has 1 heterocycles. The van der Waals surface area contributed by atoms with Crippen molar-refractivity contribution in [3.05, 3.63) is 11.4 Å². The van der Waals surface area contributed by atoms with Crippen LogP contribution in [0.4, 0.5) is 13.2 Å². The normalized spacial score (nSPS) is 11.7. The van der Waals surface area contributed by atoms with Crippen LogP contribution in [-0.4, -0.2) is 53.1 Å². The van der Waals surface area contributed by atoms with E-state index in [0.29, 0.717) is 18.7 Å². The minimum atomic E-state index is -4.29. The van der Waals surface area contributed by atoms with Crippen molar-refractivity contribution in [1.82, 2.24) is 15.0 Å². The molecule has 0 N–H and O–H groups in total. The smallest absolute Gasteiger partial charge is 0.441 e. The molecule has 1 rings (SSSR count). The maximum Gasteiger partial charge on any atom is 0.441 e. The Bertz CT molecular complexity index is 451. The van der Waals surface area contributed by atoms with Crippen molar-refractivity contribution in [2.45, 2.75) is 18.5 Å². The lowest BCUT2D eigenvalue weighted by molar-refractivity contribution is -0.0328. The number of methoxy groups -OCH3 is 2. The molecule has 0 aliphatic rings. The average Bonchev–Trinajstić information content (AvgIpc) is 2.77. The fourth-order valence-corrected chi connectivity index (χ4v) is 1.96. The molecule has 0 aliphatic carbocycles. The van der Waals surface area contributed by atoms with Crippen molar-refractivity contribution in [2.24, 2.45) is 0 Å². The number of rotatable bonds is 7. The summed E-state index contributed by atoms with van der Waals surface area (Å²) in [5, 5.41) is 7.33. The summed E-state index contributed by atoms with van der Waals surface area (Å²) in [5.41, 5.74) is -3.89. The number of nitrogens with zero attached hydrogens (tertiary/aromatic N) is 3. The molecule has 0 fully saturated rings. The largest absolute Gasteiger partial charge is 0.464 e. The number of hydrogen-bond acceptors (Lipinski definition) is 6. The molecule has 114 valence electrons. The van der Waals surface area contributed by atoms with Crippen molar-refractivity contribution < 1.29 is 27.4 Å². The van der Waals surface area contributed by atoms with Crippen LogP contribution in [0.5, 0.6) is 0 Å². The fraction of sp³-hybridized carbons (Fsp3) is 0.700. The first-order valence-corrected chi connectivity index (χ1v) is 6.58. The van der Waals surface area contributed by atoms with E-state index in [1.165, 1.54) is 18.9 Å². The van der Waals surface area contributed by atoms with Crippen molar-refractivity contribution in [2.75, 3.05) is 26.6 Å². The Morgan fingerprint density at radius 2 is 2.10 bits per heavy atom. The van der Waals surface area contributed by atoms with Crippen molar-refractivity contribution in [3.8, 4) is 0 Å². The van der Waals surface area contributed by atoms with Crippen molar-refractivity contribution in [1.29, 1.82) is 0 Å². The predicted molar refractivity (Wildman–Crippen MR) is 65.5 cm³/mol. The van der Waals surface area contributed by atoms with E-state index in [1.54, 1.807) is 0 Å². The number of carbonyl (C=O) groups excluding carboxylic acids is 1. The first-order chi connectivity index (χ1) is 9.39. The van der Waals surface area contributed by atoms with Gasteiger partial charge in [0.2, 0.25) is 0 Å². The SMILES string of the molecule is COCCc1c(C(=O)OC)nnn1CCSC(F)(F)F. The molecule has 0 aromatic carbocycles. The van der Waals surface area contributed by atoms with Gasteiger partial charge in [-0.05, 0) is 11.8 Å². The Kier molecular flexibility index (Phi) is 6.27. The Labute approximate surface area is 117 Å². The molecule has 0 bridgehead atoms. The summed E-state index contributed by atoms with van der Waals surface area (Å²) in [4.78, 5) is 11.5. The highest BCUT2D eigenvalue weighted by molar-refractivity contribution is 8.00. The average molecular weight is 313 g/mol. The maximum atomic E-state index is 12.1. The van der Waals surface area contributed by atoms with Gasteiger partial charge < -0.3 is 9.47 Å². The molecule has 1 aromatic heterocycles. The number of alkyl halides is 3. The Morgan fingerprint density at radius 1 is 1.40 bits per heavy atom. The number of carbonyl (C=O) groups is 1. The van der Waals surface area contributed by atoms with Crippen LogP contribution in [-0.2, 0) is 22.4 Å². The summed E-state index contributed by atoms with van der Waals surface area (Å²) in [6.07, 6.45) is 0.310. The highest BCUT2D eigenvalue weighted by atomic mass is 32.2. The molecule has 0 unspecified atom stereocenters. The summed E-state index contributed by atoms with van der Waals surface area (Å²) in [6.45, 7) is 0.289. The Morgan fingerprint density at radius 3 is 2.65 bits per heavy atom. The third-order valence-corrected chi connectivity index (χ3v) is 3.04. The molecule has 6 nitrogen and oxygen atoms in total. The lowest BCUT2D eigenvalue weighted by atomic mass is 10.2. The molecule has 1 aromatic rings. The zero-order valence-electron chi connectivity index (χ0n) is 10.9. The molecular formula is C10H14F3N3O3S. The third-order valence-electron chi connectivity index (χ3n) is 2.33. The molecule has 10 heteroatoms. The number of thioether (sulfide) groups is 1. The first kappa shape index (κ1) is 16.8. The first-order valence-electron chi connectivity index (χ1n) is 5.59. The van der Waals surface area contributed by atoms with Gasteiger partial charge in [-0.15, -0.1) is 5.10 Å². The highest BCUT2D eigenvalue weighted by Gasteiger charge is 2.28. The van der Waals surface area contributed by atoms with Crippen LogP contribution in [0.3, 0.4) is 0 Å². The van der Waals surface area contributed by atoms with E-state index in [9.17, 15) is 18.0 Å². The van der Waals surface area contributed by atoms with Crippen molar-refractivity contribution in [3.63, 3.8) is 0 Å². The van der Waals surface area contributed by atoms with Crippen LogP contribution in [0.2, 0.25) is 0 Å². The molecule has 0 spiro atoms. The molecular weight excluding hydrogens is 299 g/mol. The number of aromatic nitrogens is 3. The van der Waals surface area contributed by atoms with E-state index in [4.69, 9.17) is 4.74 Å². The van der Waals surface area contributed by atoms with Crippen molar-refractivity contribution >= 4 is 17.7 Å². The van der Waals surface area contributed by atoms with Gasteiger partial charge in [-0.25, -0.2) is 9.48 Å². The lowest BCUT2D eigenvalue weighted by Crippen LogP contribution is -2.14. The standard InChI is InChI=1S/C10H14F3N3O3S/c1-18-5-3-7-8(9(17)19-2)14-15-16(7)4-6-20-10(11,12)13/h3-6H2,1-2H3. The van der Waals surface area contributed by atoms with Gasteiger partial charge in [-0.1, -0.05) is 5.21 Å². The quantitative estimate of drug-likeness (QED) is 0.711. The summed E-state index contributed by atoms with van der Waals surface area (Å²) in [7, 11) is 2.67. The molecule has 0 amide bonds. The van der Waals surface area contributed by atoms with Crippen LogP contribution < -0.4 is 0 Å². The summed E-state index contributed by atoms with van der Waals surface area (Å²) in [6, 6.07) is 0. The zero-order valence-corrected chi connectivity index (χ0v) is 11.8. The van der Waals surface area contributed by atoms with Crippen LogP contribution in [0.1, 0.15) is 16.2 Å². The van der Waals surface area contributed by atoms with Gasteiger partial charge >= 0.3 is 11.5 Å². The van der Waals surface area contributed by atoms with E-state index in [2.05, 4.69) is 15.0 Å². The van der Waals surface area contributed by atoms with E-state index in [1.807, 2.05) is 0 Å². The van der Waals surface area contributed by atoms with Gasteiger partial charge in [-0.2, -0.15) is 13.2 Å². The van der Waals surface area contributed by atoms with Gasteiger partial charge in [0.05, 0.1) is 26.0 Å². The third kappa shape index (κ3) is 5.00. The summed E-state index contributed by atoms with van der Waals surface area (Å²) in [5.74, 6) is -0.890. The molecule has 0 aliphatic heterocycles. The van der Waals surface area contributed by atoms with Crippen LogP contribution in [0.25, 0.3) is 0 Å². The summed E-state index contributed by atoms with van der Waals surface area (Å²) >= 11 is -0.152. The summed E-state index contributed by atoms with van der Waals surface area (Å²) < 4.78 is 46.9. The van der Waals surface area contributed by atoms with E-state index in [-0.39, 0.29) is 29.8 Å². The van der Waals surface area contributed by atoms with E-state index >= 15 is 0 Å². The number of aryl methyl sites for hydroxylation is 1. The minimum absolute atomic E-state index is 0.00144. The monoisotopic (exact) mass is 313 g/mol. The van der Waals surface area contributed by atoms with Gasteiger partial charge in [0.25, 0.3) is 0 Å². The Balaban J connectivity index is 2.78. The zero-order chi connectivity index (χ0) is 15.2. The molecule has 20 heavy (non-hydrogen) atoms. The number of ether oxygens (including phenoxy) is 2. The van der Waals surface area contributed by atoms with Crippen LogP contribution in [0, 0.1) is 0 Å². The molecule has 0 atom stereocenters. The molecule has 0 radical (unpaired) electrons. The number of halogens is 3. The molecule has 0 saturated carbocycles. The lowest BCUT2D eigenvalue weighted by Gasteiger charge is -2.08. The topological polar surface area (TPSA) is 66.2 Å². The van der Waals surface area contributed by atoms with Crippen LogP contribution in [0.15, 0.2) is 0 Å². The fourth-order valence-electron chi connectivity index (χ4n) is 1.46. The van der Waals surface area contributed by atoms with Gasteiger partial charge in [-0.3, -0.25) is 0 Å².